The Morgan fingerprint density at radius 3 is 2.25 bits per heavy atom. The van der Waals surface area contributed by atoms with Crippen molar-refractivity contribution in [3.8, 4) is 11.5 Å². The Balaban J connectivity index is 1.50. The van der Waals surface area contributed by atoms with Crippen molar-refractivity contribution in [2.24, 2.45) is 4.99 Å². The lowest BCUT2D eigenvalue weighted by Crippen LogP contribution is -2.23. The highest BCUT2D eigenvalue weighted by molar-refractivity contribution is 7.16. The topological polar surface area (TPSA) is 96.2 Å². The number of ketones is 1. The normalized spacial score (nSPS) is 13.0. The summed E-state index contributed by atoms with van der Waals surface area (Å²) < 4.78 is 18.9. The summed E-state index contributed by atoms with van der Waals surface area (Å²) in [4.78, 5) is 42.7. The van der Waals surface area contributed by atoms with Gasteiger partial charge in [0, 0.05) is 28.8 Å². The van der Waals surface area contributed by atoms with Gasteiger partial charge in [-0.25, -0.2) is 0 Å². The van der Waals surface area contributed by atoms with E-state index >= 15 is 0 Å². The molecule has 1 aliphatic heterocycles. The lowest BCUT2D eigenvalue weighted by atomic mass is 10.0. The molecule has 0 saturated carbocycles. The second-order valence-corrected chi connectivity index (χ2v) is 8.94. The summed E-state index contributed by atoms with van der Waals surface area (Å²) in [5.41, 5.74) is 2.06. The van der Waals surface area contributed by atoms with Crippen molar-refractivity contribution in [1.82, 2.24) is 4.57 Å². The molecule has 4 aromatic rings. The van der Waals surface area contributed by atoms with Gasteiger partial charge in [0.2, 0.25) is 0 Å². The van der Waals surface area contributed by atoms with Crippen molar-refractivity contribution in [2.75, 3.05) is 19.8 Å². The van der Waals surface area contributed by atoms with Crippen molar-refractivity contribution in [3.63, 3.8) is 0 Å². The van der Waals surface area contributed by atoms with Crippen LogP contribution in [-0.2, 0) is 16.1 Å². The van der Waals surface area contributed by atoms with Crippen LogP contribution in [0.15, 0.2) is 71.7 Å². The van der Waals surface area contributed by atoms with Crippen molar-refractivity contribution >= 4 is 39.2 Å². The van der Waals surface area contributed by atoms with Crippen LogP contribution < -0.4 is 14.3 Å². The molecule has 0 bridgehead atoms. The zero-order chi connectivity index (χ0) is 25.1. The number of hydrogen-bond donors (Lipinski definition) is 0. The van der Waals surface area contributed by atoms with E-state index in [0.717, 1.165) is 4.70 Å². The molecule has 3 aromatic carbocycles. The Bertz CT molecular complexity index is 1520. The number of ether oxygens (including phenoxy) is 3. The van der Waals surface area contributed by atoms with Gasteiger partial charge in [-0.1, -0.05) is 53.8 Å². The van der Waals surface area contributed by atoms with Gasteiger partial charge in [0.05, 0.1) is 16.8 Å². The van der Waals surface area contributed by atoms with Crippen molar-refractivity contribution < 1.29 is 28.6 Å². The number of rotatable bonds is 6. The van der Waals surface area contributed by atoms with E-state index in [4.69, 9.17) is 14.2 Å². The van der Waals surface area contributed by atoms with E-state index in [2.05, 4.69) is 4.99 Å². The van der Waals surface area contributed by atoms with Gasteiger partial charge in [0.1, 0.15) is 19.8 Å². The minimum atomic E-state index is -0.491. The first-order valence-corrected chi connectivity index (χ1v) is 12.2. The third-order valence-electron chi connectivity index (χ3n) is 5.57. The highest BCUT2D eigenvalue weighted by Crippen LogP contribution is 2.35. The van der Waals surface area contributed by atoms with E-state index in [0.29, 0.717) is 51.7 Å². The van der Waals surface area contributed by atoms with E-state index in [1.54, 1.807) is 66.1 Å². The van der Waals surface area contributed by atoms with Crippen molar-refractivity contribution in [1.29, 1.82) is 0 Å². The first kappa shape index (κ1) is 23.5. The van der Waals surface area contributed by atoms with Gasteiger partial charge in [-0.05, 0) is 19.1 Å². The number of nitrogens with zero attached hydrogens (tertiary/aromatic N) is 2. The molecule has 36 heavy (non-hydrogen) atoms. The van der Waals surface area contributed by atoms with Crippen LogP contribution in [0.3, 0.4) is 0 Å². The standard InChI is InChI=1S/C27H22N2O6S/c1-2-33-24(30)16-29-20-14-21-22(35-13-12-34-21)15-23(20)36-27(29)28-26(32)19-10-8-18(9-11-19)25(31)17-6-4-3-5-7-17/h3-11,14-15H,2,12-13,16H2,1H3. The number of fused-ring (bicyclic) bond motifs is 2. The molecule has 0 atom stereocenters. The Kier molecular flexibility index (Phi) is 6.64. The molecule has 0 fully saturated rings. The Morgan fingerprint density at radius 1 is 0.917 bits per heavy atom. The number of amides is 1. The highest BCUT2D eigenvalue weighted by Gasteiger charge is 2.19. The Morgan fingerprint density at radius 2 is 1.56 bits per heavy atom. The summed E-state index contributed by atoms with van der Waals surface area (Å²) in [5.74, 6) is 0.118. The van der Waals surface area contributed by atoms with Gasteiger partial charge in [-0.15, -0.1) is 0 Å². The monoisotopic (exact) mass is 502 g/mol. The Hall–Kier alpha value is -4.24. The molecule has 0 unspecified atom stereocenters. The molecule has 182 valence electrons. The van der Waals surface area contributed by atoms with Crippen LogP contribution in [0.25, 0.3) is 10.2 Å². The number of hydrogen-bond acceptors (Lipinski definition) is 7. The number of thiazole rings is 1. The molecule has 5 rings (SSSR count). The van der Waals surface area contributed by atoms with Crippen molar-refractivity contribution in [3.05, 3.63) is 88.2 Å². The van der Waals surface area contributed by atoms with Gasteiger partial charge in [0.15, 0.2) is 22.1 Å². The summed E-state index contributed by atoms with van der Waals surface area (Å²) in [6, 6.07) is 18.9. The van der Waals surface area contributed by atoms with Crippen LogP contribution in [0.5, 0.6) is 11.5 Å². The lowest BCUT2D eigenvalue weighted by Gasteiger charge is -2.18. The first-order valence-electron chi connectivity index (χ1n) is 11.4. The summed E-state index contributed by atoms with van der Waals surface area (Å²) >= 11 is 1.26. The molecule has 2 heterocycles. The highest BCUT2D eigenvalue weighted by atomic mass is 32.1. The fourth-order valence-corrected chi connectivity index (χ4v) is 4.89. The average Bonchev–Trinajstić information content (AvgIpc) is 3.22. The molecular weight excluding hydrogens is 480 g/mol. The summed E-state index contributed by atoms with van der Waals surface area (Å²) in [6.45, 7) is 2.75. The maximum atomic E-state index is 13.0. The third-order valence-corrected chi connectivity index (χ3v) is 6.61. The van der Waals surface area contributed by atoms with E-state index in [1.807, 2.05) is 12.1 Å². The number of carbonyl (C=O) groups excluding carboxylic acids is 3. The van der Waals surface area contributed by atoms with E-state index in [9.17, 15) is 14.4 Å². The molecule has 1 amide bonds. The van der Waals surface area contributed by atoms with Crippen LogP contribution in [-0.4, -0.2) is 42.0 Å². The van der Waals surface area contributed by atoms with Crippen molar-refractivity contribution in [2.45, 2.75) is 13.5 Å². The molecule has 0 radical (unpaired) electrons. The van der Waals surface area contributed by atoms with Crippen LogP contribution in [0, 0.1) is 0 Å². The molecule has 1 aromatic heterocycles. The molecule has 0 N–H and O–H groups in total. The van der Waals surface area contributed by atoms with E-state index in [1.165, 1.54) is 11.3 Å². The van der Waals surface area contributed by atoms with Gasteiger partial charge in [0.25, 0.3) is 5.91 Å². The molecule has 9 heteroatoms. The second-order valence-electron chi connectivity index (χ2n) is 7.93. The summed E-state index contributed by atoms with van der Waals surface area (Å²) in [6.07, 6.45) is 0. The largest absolute Gasteiger partial charge is 0.486 e. The average molecular weight is 503 g/mol. The lowest BCUT2D eigenvalue weighted by molar-refractivity contribution is -0.143. The fourth-order valence-electron chi connectivity index (χ4n) is 3.85. The molecule has 1 aliphatic rings. The van der Waals surface area contributed by atoms with Crippen LogP contribution >= 0.6 is 11.3 Å². The van der Waals surface area contributed by atoms with E-state index < -0.39 is 11.9 Å². The third kappa shape index (κ3) is 4.78. The fraction of sp³-hybridized carbons (Fsp3) is 0.185. The summed E-state index contributed by atoms with van der Waals surface area (Å²) in [7, 11) is 0. The minimum absolute atomic E-state index is 0.107. The first-order chi connectivity index (χ1) is 17.5. The molecule has 0 spiro atoms. The van der Waals surface area contributed by atoms with Gasteiger partial charge in [-0.2, -0.15) is 4.99 Å². The minimum Gasteiger partial charge on any atom is -0.486 e. The Labute approximate surface area is 210 Å². The smallest absolute Gasteiger partial charge is 0.326 e. The van der Waals surface area contributed by atoms with Crippen LogP contribution in [0.2, 0.25) is 0 Å². The summed E-state index contributed by atoms with van der Waals surface area (Å²) in [5, 5.41) is 0. The number of benzene rings is 3. The predicted molar refractivity (Wildman–Crippen MR) is 134 cm³/mol. The maximum Gasteiger partial charge on any atom is 0.326 e. The molecule has 0 aliphatic carbocycles. The molecule has 0 saturated heterocycles. The van der Waals surface area contributed by atoms with Gasteiger partial charge >= 0.3 is 5.97 Å². The maximum absolute atomic E-state index is 13.0. The number of aromatic nitrogens is 1. The SMILES string of the molecule is CCOC(=O)Cn1c(=NC(=O)c2ccc(C(=O)c3ccccc3)cc2)sc2cc3c(cc21)OCCO3. The molecular formula is C27H22N2O6S. The zero-order valence-corrected chi connectivity index (χ0v) is 20.2. The molecule has 8 nitrogen and oxygen atoms in total. The zero-order valence-electron chi connectivity index (χ0n) is 19.4. The predicted octanol–water partition coefficient (Wildman–Crippen LogP) is 4.01. The number of esters is 1. The van der Waals surface area contributed by atoms with Crippen LogP contribution in [0.4, 0.5) is 0 Å². The van der Waals surface area contributed by atoms with Gasteiger partial charge < -0.3 is 18.8 Å². The number of carbonyl (C=O) groups is 3. The second kappa shape index (κ2) is 10.2. The van der Waals surface area contributed by atoms with Gasteiger partial charge in [-0.3, -0.25) is 14.4 Å². The van der Waals surface area contributed by atoms with Crippen LogP contribution in [0.1, 0.15) is 33.2 Å². The van der Waals surface area contributed by atoms with E-state index in [-0.39, 0.29) is 18.9 Å². The quantitative estimate of drug-likeness (QED) is 0.292.